The number of benzene rings is 3. The Hall–Kier alpha value is -3.17. The second-order valence-electron chi connectivity index (χ2n) is 9.63. The van der Waals surface area contributed by atoms with Crippen LogP contribution in [0, 0.1) is 0 Å². The average Bonchev–Trinajstić information content (AvgIpc) is 3.30. The minimum Gasteiger partial charge on any atom is -0.394 e. The second-order valence-corrected chi connectivity index (χ2v) is 12.5. The molecule has 0 aliphatic rings. The first kappa shape index (κ1) is 27.9. The molecular formula is C28H27Cl2N3O4S. The summed E-state index contributed by atoms with van der Waals surface area (Å²) in [4.78, 5) is 17.8. The lowest BCUT2D eigenvalue weighted by molar-refractivity contribution is 0.0864. The van der Waals surface area contributed by atoms with Crippen LogP contribution in [0.4, 0.5) is 0 Å². The van der Waals surface area contributed by atoms with E-state index < -0.39 is 21.3 Å². The lowest BCUT2D eigenvalue weighted by atomic mass is 10.1. The number of nitrogens with zero attached hydrogens (tertiary/aromatic N) is 2. The van der Waals surface area contributed by atoms with Crippen molar-refractivity contribution in [2.45, 2.75) is 30.7 Å². The van der Waals surface area contributed by atoms with E-state index in [1.165, 1.54) is 6.26 Å². The predicted molar refractivity (Wildman–Crippen MR) is 150 cm³/mol. The SMILES string of the molecule is CC(C)(CO)NC(=O)c1cn(-c2ccc(-c3cccc(S(C)(=O)=O)c3)cc2)c(Cc2c(Cl)cccc2Cl)n1. The van der Waals surface area contributed by atoms with Gasteiger partial charge >= 0.3 is 0 Å². The Labute approximate surface area is 232 Å². The van der Waals surface area contributed by atoms with Gasteiger partial charge in [-0.15, -0.1) is 0 Å². The van der Waals surface area contributed by atoms with Crippen LogP contribution in [0.15, 0.2) is 77.8 Å². The lowest BCUT2D eigenvalue weighted by Crippen LogP contribution is -2.46. The van der Waals surface area contributed by atoms with Gasteiger partial charge in [-0.1, -0.05) is 53.5 Å². The van der Waals surface area contributed by atoms with E-state index in [4.69, 9.17) is 23.2 Å². The zero-order valence-corrected chi connectivity index (χ0v) is 23.4. The molecule has 1 aromatic heterocycles. The Bertz CT molecular complexity index is 1580. The largest absolute Gasteiger partial charge is 0.394 e. The van der Waals surface area contributed by atoms with Crippen LogP contribution in [0.5, 0.6) is 0 Å². The normalized spacial score (nSPS) is 11.9. The molecule has 198 valence electrons. The first-order valence-corrected chi connectivity index (χ1v) is 14.4. The van der Waals surface area contributed by atoms with Crippen LogP contribution in [0.2, 0.25) is 10.0 Å². The molecule has 38 heavy (non-hydrogen) atoms. The van der Waals surface area contributed by atoms with Gasteiger partial charge in [0.15, 0.2) is 9.84 Å². The van der Waals surface area contributed by atoms with Gasteiger partial charge in [-0.2, -0.15) is 0 Å². The van der Waals surface area contributed by atoms with Crippen LogP contribution in [0.1, 0.15) is 35.7 Å². The molecule has 0 unspecified atom stereocenters. The van der Waals surface area contributed by atoms with Crippen molar-refractivity contribution in [3.05, 3.63) is 100 Å². The number of aliphatic hydroxyl groups excluding tert-OH is 1. The van der Waals surface area contributed by atoms with Crippen molar-refractivity contribution < 1.29 is 18.3 Å². The van der Waals surface area contributed by atoms with E-state index in [2.05, 4.69) is 10.3 Å². The molecule has 0 radical (unpaired) electrons. The maximum Gasteiger partial charge on any atom is 0.271 e. The second kappa shape index (κ2) is 10.9. The number of aliphatic hydroxyl groups is 1. The summed E-state index contributed by atoms with van der Waals surface area (Å²) in [5, 5.41) is 13.3. The minimum absolute atomic E-state index is 0.176. The Kier molecular flexibility index (Phi) is 7.99. The van der Waals surface area contributed by atoms with E-state index in [0.717, 1.165) is 16.8 Å². The van der Waals surface area contributed by atoms with Gasteiger partial charge in [0.1, 0.15) is 11.5 Å². The number of sulfone groups is 1. The summed E-state index contributed by atoms with van der Waals surface area (Å²) in [6.45, 7) is 3.19. The third-order valence-corrected chi connectivity index (χ3v) is 7.81. The molecule has 4 aromatic rings. The maximum atomic E-state index is 13.0. The number of carbonyl (C=O) groups is 1. The van der Waals surface area contributed by atoms with Crippen LogP contribution in [0.3, 0.4) is 0 Å². The minimum atomic E-state index is -3.33. The predicted octanol–water partition coefficient (Wildman–Crippen LogP) is 5.34. The molecule has 10 heteroatoms. The van der Waals surface area contributed by atoms with Gasteiger partial charge in [0.05, 0.1) is 17.0 Å². The van der Waals surface area contributed by atoms with E-state index >= 15 is 0 Å². The molecule has 2 N–H and O–H groups in total. The quantitative estimate of drug-likeness (QED) is 0.297. The Balaban J connectivity index is 1.74. The van der Waals surface area contributed by atoms with Crippen molar-refractivity contribution in [1.82, 2.24) is 14.9 Å². The third kappa shape index (κ3) is 6.27. The summed E-state index contributed by atoms with van der Waals surface area (Å²) in [6, 6.07) is 19.5. The Morgan fingerprint density at radius 1 is 1.00 bits per heavy atom. The molecule has 0 saturated carbocycles. The molecule has 0 aliphatic carbocycles. The van der Waals surface area contributed by atoms with Gasteiger partial charge in [-0.25, -0.2) is 13.4 Å². The summed E-state index contributed by atoms with van der Waals surface area (Å²) < 4.78 is 25.7. The van der Waals surface area contributed by atoms with E-state index in [1.54, 1.807) is 61.0 Å². The molecule has 1 heterocycles. The number of imidazole rings is 1. The fourth-order valence-electron chi connectivity index (χ4n) is 3.87. The van der Waals surface area contributed by atoms with Crippen molar-refractivity contribution in [1.29, 1.82) is 0 Å². The van der Waals surface area contributed by atoms with E-state index in [9.17, 15) is 18.3 Å². The van der Waals surface area contributed by atoms with Crippen molar-refractivity contribution in [3.63, 3.8) is 0 Å². The van der Waals surface area contributed by atoms with Crippen molar-refractivity contribution in [3.8, 4) is 16.8 Å². The van der Waals surface area contributed by atoms with Crippen LogP contribution in [-0.2, 0) is 16.3 Å². The molecule has 1 amide bonds. The van der Waals surface area contributed by atoms with Crippen LogP contribution < -0.4 is 5.32 Å². The molecular weight excluding hydrogens is 545 g/mol. The number of rotatable bonds is 8. The number of hydrogen-bond acceptors (Lipinski definition) is 5. The monoisotopic (exact) mass is 571 g/mol. The fourth-order valence-corrected chi connectivity index (χ4v) is 5.07. The number of aromatic nitrogens is 2. The Morgan fingerprint density at radius 3 is 2.24 bits per heavy atom. The first-order chi connectivity index (χ1) is 17.9. The Morgan fingerprint density at radius 2 is 1.63 bits per heavy atom. The third-order valence-electron chi connectivity index (χ3n) is 6.00. The van der Waals surface area contributed by atoms with Gasteiger partial charge in [0.25, 0.3) is 5.91 Å². The van der Waals surface area contributed by atoms with E-state index in [-0.39, 0.29) is 23.6 Å². The lowest BCUT2D eigenvalue weighted by Gasteiger charge is -2.22. The van der Waals surface area contributed by atoms with Gasteiger partial charge in [0.2, 0.25) is 0 Å². The van der Waals surface area contributed by atoms with Gasteiger partial charge in [0, 0.05) is 34.6 Å². The molecule has 0 aliphatic heterocycles. The zero-order chi connectivity index (χ0) is 27.7. The highest BCUT2D eigenvalue weighted by Gasteiger charge is 2.24. The summed E-state index contributed by atoms with van der Waals surface area (Å²) in [5.41, 5.74) is 2.36. The van der Waals surface area contributed by atoms with Crippen LogP contribution in [-0.4, -0.2) is 47.4 Å². The molecule has 7 nitrogen and oxygen atoms in total. The molecule has 3 aromatic carbocycles. The number of halogens is 2. The van der Waals surface area contributed by atoms with Crippen molar-refractivity contribution >= 4 is 38.9 Å². The standard InChI is InChI=1S/C28H27Cl2N3O4S/c1-28(2,17-34)32-27(35)25-16-33(26(31-25)15-22-23(29)8-5-9-24(22)30)20-12-10-18(11-13-20)19-6-4-7-21(14-19)38(3,36)37/h4-14,16,34H,15,17H2,1-3H3,(H,32,35). The number of carbonyl (C=O) groups excluding carboxylic acids is 1. The highest BCUT2D eigenvalue weighted by molar-refractivity contribution is 7.90. The number of amides is 1. The van der Waals surface area contributed by atoms with E-state index in [0.29, 0.717) is 21.4 Å². The number of hydrogen-bond donors (Lipinski definition) is 2. The number of nitrogens with one attached hydrogen (secondary N) is 1. The summed E-state index contributed by atoms with van der Waals surface area (Å²) in [5.74, 6) is 0.113. The van der Waals surface area contributed by atoms with E-state index in [1.807, 2.05) is 30.3 Å². The molecule has 0 bridgehead atoms. The summed E-state index contributed by atoms with van der Waals surface area (Å²) in [6.07, 6.45) is 3.08. The molecule has 4 rings (SSSR count). The maximum absolute atomic E-state index is 13.0. The van der Waals surface area contributed by atoms with Gasteiger partial charge in [-0.3, -0.25) is 4.79 Å². The summed E-state index contributed by atoms with van der Waals surface area (Å²) >= 11 is 12.8. The molecule has 0 atom stereocenters. The topological polar surface area (TPSA) is 101 Å². The van der Waals surface area contributed by atoms with Crippen LogP contribution >= 0.6 is 23.2 Å². The molecule has 0 spiro atoms. The first-order valence-electron chi connectivity index (χ1n) is 11.7. The smallest absolute Gasteiger partial charge is 0.271 e. The van der Waals surface area contributed by atoms with Crippen LogP contribution in [0.25, 0.3) is 16.8 Å². The van der Waals surface area contributed by atoms with Crippen molar-refractivity contribution in [2.24, 2.45) is 0 Å². The molecule has 0 saturated heterocycles. The van der Waals surface area contributed by atoms with Gasteiger partial charge in [-0.05, 0) is 66.9 Å². The average molecular weight is 573 g/mol. The van der Waals surface area contributed by atoms with Gasteiger partial charge < -0.3 is 15.0 Å². The highest BCUT2D eigenvalue weighted by atomic mass is 35.5. The van der Waals surface area contributed by atoms with Crippen molar-refractivity contribution in [2.75, 3.05) is 12.9 Å². The molecule has 0 fully saturated rings. The fraction of sp³-hybridized carbons (Fsp3) is 0.214. The highest BCUT2D eigenvalue weighted by Crippen LogP contribution is 2.29. The summed E-state index contributed by atoms with van der Waals surface area (Å²) in [7, 11) is -3.33. The zero-order valence-electron chi connectivity index (χ0n) is 21.1.